The Hall–Kier alpha value is -0.540. The quantitative estimate of drug-likeness (QED) is 0.842. The van der Waals surface area contributed by atoms with Crippen LogP contribution in [0.2, 0.25) is 0 Å². The molecule has 20 heavy (non-hydrogen) atoms. The summed E-state index contributed by atoms with van der Waals surface area (Å²) in [5.41, 5.74) is 10.8. The highest BCUT2D eigenvalue weighted by Gasteiger charge is 2.42. The fourth-order valence-electron chi connectivity index (χ4n) is 3.95. The van der Waals surface area contributed by atoms with Gasteiger partial charge < -0.3 is 10.5 Å². The van der Waals surface area contributed by atoms with Gasteiger partial charge in [0.2, 0.25) is 0 Å². The Bertz CT molecular complexity index is 503. The molecule has 0 aromatic heterocycles. The van der Waals surface area contributed by atoms with Crippen molar-refractivity contribution in [2.75, 3.05) is 13.7 Å². The van der Waals surface area contributed by atoms with E-state index in [0.717, 1.165) is 16.8 Å². The van der Waals surface area contributed by atoms with E-state index in [2.05, 4.69) is 22.0 Å². The second-order valence-corrected chi connectivity index (χ2v) is 7.16. The van der Waals surface area contributed by atoms with E-state index >= 15 is 0 Å². The molecular formula is C17H24BrNO. The fourth-order valence-corrected chi connectivity index (χ4v) is 4.58. The number of rotatable bonds is 3. The third kappa shape index (κ3) is 2.19. The van der Waals surface area contributed by atoms with Gasteiger partial charge in [-0.15, -0.1) is 0 Å². The molecule has 2 nitrogen and oxygen atoms in total. The van der Waals surface area contributed by atoms with E-state index in [-0.39, 0.29) is 5.41 Å². The molecule has 0 atom stereocenters. The summed E-state index contributed by atoms with van der Waals surface area (Å²) in [5, 5.41) is 0. The van der Waals surface area contributed by atoms with Gasteiger partial charge in [0.05, 0.1) is 11.6 Å². The lowest BCUT2D eigenvalue weighted by Gasteiger charge is -2.44. The van der Waals surface area contributed by atoms with E-state index in [4.69, 9.17) is 10.5 Å². The summed E-state index contributed by atoms with van der Waals surface area (Å²) in [6, 6.07) is 2.28. The Balaban J connectivity index is 2.21. The van der Waals surface area contributed by atoms with Crippen molar-refractivity contribution < 1.29 is 4.74 Å². The number of fused-ring (bicyclic) bond motifs is 1. The number of nitrogens with two attached hydrogens (primary N) is 1. The Morgan fingerprint density at radius 2 is 1.95 bits per heavy atom. The zero-order valence-electron chi connectivity index (χ0n) is 12.3. The zero-order chi connectivity index (χ0) is 14.2. The number of benzene rings is 1. The monoisotopic (exact) mass is 337 g/mol. The van der Waals surface area contributed by atoms with Crippen LogP contribution in [-0.2, 0) is 18.3 Å². The number of halogens is 1. The molecule has 2 N–H and O–H groups in total. The lowest BCUT2D eigenvalue weighted by atomic mass is 9.62. The predicted octanol–water partition coefficient (Wildman–Crippen LogP) is 4.11. The number of hydrogen-bond acceptors (Lipinski definition) is 2. The minimum atomic E-state index is 0.170. The van der Waals surface area contributed by atoms with Crippen molar-refractivity contribution in [3.05, 3.63) is 27.2 Å². The Kier molecular flexibility index (Phi) is 4.09. The van der Waals surface area contributed by atoms with Gasteiger partial charge >= 0.3 is 0 Å². The van der Waals surface area contributed by atoms with Crippen molar-refractivity contribution in [1.29, 1.82) is 0 Å². The van der Waals surface area contributed by atoms with Crippen LogP contribution in [0.1, 0.15) is 55.2 Å². The predicted molar refractivity (Wildman–Crippen MR) is 86.5 cm³/mol. The third-order valence-corrected chi connectivity index (χ3v) is 5.83. The number of methoxy groups -OCH3 is 1. The minimum absolute atomic E-state index is 0.170. The molecule has 0 unspecified atom stereocenters. The van der Waals surface area contributed by atoms with Crippen molar-refractivity contribution in [1.82, 2.24) is 0 Å². The number of aryl methyl sites for hydroxylation is 1. The van der Waals surface area contributed by atoms with Gasteiger partial charge in [0.25, 0.3) is 0 Å². The summed E-state index contributed by atoms with van der Waals surface area (Å²) in [7, 11) is 1.79. The molecule has 0 heterocycles. The maximum Gasteiger partial charge on any atom is 0.137 e. The first kappa shape index (κ1) is 14.4. The van der Waals surface area contributed by atoms with Crippen LogP contribution in [0, 0.1) is 0 Å². The van der Waals surface area contributed by atoms with Crippen molar-refractivity contribution >= 4 is 15.9 Å². The van der Waals surface area contributed by atoms with E-state index in [1.54, 1.807) is 12.7 Å². The maximum atomic E-state index is 6.18. The molecule has 0 amide bonds. The lowest BCUT2D eigenvalue weighted by molar-refractivity contribution is 0.241. The smallest absolute Gasteiger partial charge is 0.137 e. The van der Waals surface area contributed by atoms with Crippen molar-refractivity contribution in [3.63, 3.8) is 0 Å². The van der Waals surface area contributed by atoms with E-state index in [9.17, 15) is 0 Å². The van der Waals surface area contributed by atoms with Gasteiger partial charge in [0.15, 0.2) is 0 Å². The largest absolute Gasteiger partial charge is 0.495 e. The lowest BCUT2D eigenvalue weighted by Crippen LogP contribution is -2.42. The summed E-state index contributed by atoms with van der Waals surface area (Å²) >= 11 is 3.72. The normalized spacial score (nSPS) is 20.8. The standard InChI is InChI=1S/C17H24BrNO/c1-20-16-14(18)10-12-6-3-2-4-7-13(12)15(16)17(11-19)8-5-9-17/h10H,2-9,11,19H2,1H3. The molecule has 0 saturated heterocycles. The number of hydrogen-bond donors (Lipinski definition) is 1. The van der Waals surface area contributed by atoms with E-state index < -0.39 is 0 Å². The molecule has 3 heteroatoms. The van der Waals surface area contributed by atoms with Gasteiger partial charge in [-0.05, 0) is 71.6 Å². The molecule has 0 bridgehead atoms. The molecule has 110 valence electrons. The molecule has 1 aromatic rings. The average Bonchev–Trinajstić information content (AvgIpc) is 2.63. The number of ether oxygens (including phenoxy) is 1. The third-order valence-electron chi connectivity index (χ3n) is 5.24. The summed E-state index contributed by atoms with van der Waals surface area (Å²) in [6.07, 6.45) is 10.0. The van der Waals surface area contributed by atoms with E-state index in [1.165, 1.54) is 62.5 Å². The molecule has 0 radical (unpaired) electrons. The second kappa shape index (κ2) is 5.69. The minimum Gasteiger partial charge on any atom is -0.495 e. The summed E-state index contributed by atoms with van der Waals surface area (Å²) in [6.45, 7) is 0.742. The molecule has 2 aliphatic rings. The van der Waals surface area contributed by atoms with Gasteiger partial charge in [0, 0.05) is 17.5 Å². The first-order valence-corrected chi connectivity index (χ1v) is 8.60. The highest BCUT2D eigenvalue weighted by molar-refractivity contribution is 9.10. The fraction of sp³-hybridized carbons (Fsp3) is 0.647. The maximum absolute atomic E-state index is 6.18. The summed E-state index contributed by atoms with van der Waals surface area (Å²) in [5.74, 6) is 1.04. The average molecular weight is 338 g/mol. The molecule has 0 spiro atoms. The van der Waals surface area contributed by atoms with Crippen LogP contribution in [-0.4, -0.2) is 13.7 Å². The van der Waals surface area contributed by atoms with Crippen LogP contribution >= 0.6 is 15.9 Å². The topological polar surface area (TPSA) is 35.2 Å². The molecule has 1 aromatic carbocycles. The van der Waals surface area contributed by atoms with Crippen molar-refractivity contribution in [2.24, 2.45) is 5.73 Å². The Morgan fingerprint density at radius 1 is 1.20 bits per heavy atom. The Morgan fingerprint density at radius 3 is 2.55 bits per heavy atom. The molecule has 1 fully saturated rings. The van der Waals surface area contributed by atoms with E-state index in [0.29, 0.717) is 0 Å². The highest BCUT2D eigenvalue weighted by Crippen LogP contribution is 2.51. The summed E-state index contributed by atoms with van der Waals surface area (Å²) in [4.78, 5) is 0. The van der Waals surface area contributed by atoms with Crippen molar-refractivity contribution in [3.8, 4) is 5.75 Å². The van der Waals surface area contributed by atoms with Crippen LogP contribution in [0.4, 0.5) is 0 Å². The first-order valence-electron chi connectivity index (χ1n) is 7.80. The first-order chi connectivity index (χ1) is 9.72. The highest BCUT2D eigenvalue weighted by atomic mass is 79.9. The second-order valence-electron chi connectivity index (χ2n) is 6.30. The van der Waals surface area contributed by atoms with Crippen LogP contribution < -0.4 is 10.5 Å². The van der Waals surface area contributed by atoms with Gasteiger partial charge in [-0.25, -0.2) is 0 Å². The van der Waals surface area contributed by atoms with E-state index in [1.807, 2.05) is 0 Å². The van der Waals surface area contributed by atoms with Crippen LogP contribution in [0.25, 0.3) is 0 Å². The summed E-state index contributed by atoms with van der Waals surface area (Å²) < 4.78 is 6.87. The van der Waals surface area contributed by atoms with Crippen LogP contribution in [0.5, 0.6) is 5.75 Å². The van der Waals surface area contributed by atoms with Gasteiger partial charge in [-0.1, -0.05) is 12.8 Å². The zero-order valence-corrected chi connectivity index (χ0v) is 13.9. The van der Waals surface area contributed by atoms with Crippen molar-refractivity contribution in [2.45, 2.75) is 56.8 Å². The molecule has 1 saturated carbocycles. The van der Waals surface area contributed by atoms with Gasteiger partial charge in [0.1, 0.15) is 5.75 Å². The molecular weight excluding hydrogens is 314 g/mol. The van der Waals surface area contributed by atoms with Gasteiger partial charge in [-0.3, -0.25) is 0 Å². The van der Waals surface area contributed by atoms with Crippen LogP contribution in [0.15, 0.2) is 10.5 Å². The molecule has 0 aliphatic heterocycles. The van der Waals surface area contributed by atoms with Crippen LogP contribution in [0.3, 0.4) is 0 Å². The SMILES string of the molecule is COc1c(Br)cc2c(c1C1(CN)CCC1)CCCCC2. The Labute approximate surface area is 130 Å². The molecule has 3 rings (SSSR count). The molecule has 2 aliphatic carbocycles. The van der Waals surface area contributed by atoms with Gasteiger partial charge in [-0.2, -0.15) is 0 Å².